The van der Waals surface area contributed by atoms with E-state index in [-0.39, 0.29) is 30.9 Å². The second kappa shape index (κ2) is 11.6. The van der Waals surface area contributed by atoms with Crippen LogP contribution in [0.15, 0.2) is 66.6 Å². The summed E-state index contributed by atoms with van der Waals surface area (Å²) < 4.78 is 11.3. The van der Waals surface area contributed by atoms with Crippen molar-refractivity contribution in [3.05, 3.63) is 93.2 Å². The number of amides is 2. The number of ether oxygens (including phenoxy) is 2. The molecule has 2 aromatic carbocycles. The number of halogens is 1. The van der Waals surface area contributed by atoms with Crippen molar-refractivity contribution >= 4 is 34.8 Å². The van der Waals surface area contributed by atoms with E-state index in [2.05, 4.69) is 18.0 Å². The second-order valence-corrected chi connectivity index (χ2v) is 9.98. The highest BCUT2D eigenvalue weighted by Crippen LogP contribution is 2.34. The molecule has 36 heavy (non-hydrogen) atoms. The summed E-state index contributed by atoms with van der Waals surface area (Å²) >= 11 is 7.85. The normalized spacial score (nSPS) is 14.6. The molecule has 0 N–H and O–H groups in total. The minimum absolute atomic E-state index is 0.0487. The number of benzene rings is 2. The van der Waals surface area contributed by atoms with Gasteiger partial charge in [-0.25, -0.2) is 0 Å². The Kier molecular flexibility index (Phi) is 8.33. The van der Waals surface area contributed by atoms with Gasteiger partial charge in [0.2, 0.25) is 5.91 Å². The molecule has 1 aliphatic rings. The number of aryl methyl sites for hydroxylation is 1. The maximum Gasteiger partial charge on any atom is 0.254 e. The topological polar surface area (TPSA) is 59.1 Å². The molecule has 0 bridgehead atoms. The van der Waals surface area contributed by atoms with Gasteiger partial charge in [0.15, 0.2) is 0 Å². The van der Waals surface area contributed by atoms with E-state index >= 15 is 0 Å². The first-order valence-corrected chi connectivity index (χ1v) is 13.0. The first-order chi connectivity index (χ1) is 17.4. The van der Waals surface area contributed by atoms with Gasteiger partial charge in [0, 0.05) is 28.6 Å². The molecule has 0 saturated heterocycles. The number of fused-ring (bicyclic) bond motifs is 1. The molecule has 2 amide bonds. The summed E-state index contributed by atoms with van der Waals surface area (Å²) in [6, 6.07) is 14.2. The van der Waals surface area contributed by atoms with Crippen LogP contribution in [0.25, 0.3) is 0 Å². The molecule has 2 heterocycles. The summed E-state index contributed by atoms with van der Waals surface area (Å²) in [5, 5.41) is 2.73. The number of hydrogen-bond acceptors (Lipinski definition) is 5. The molecule has 6 nitrogen and oxygen atoms in total. The molecular formula is C28H29ClN2O4S. The maximum atomic E-state index is 13.6. The van der Waals surface area contributed by atoms with E-state index in [1.54, 1.807) is 48.8 Å². The Bertz CT molecular complexity index is 1240. The predicted octanol–water partition coefficient (Wildman–Crippen LogP) is 5.55. The third kappa shape index (κ3) is 5.74. The summed E-state index contributed by atoms with van der Waals surface area (Å²) in [6.07, 6.45) is 2.41. The van der Waals surface area contributed by atoms with E-state index in [4.69, 9.17) is 21.1 Å². The van der Waals surface area contributed by atoms with Crippen LogP contribution >= 0.6 is 22.9 Å². The molecule has 4 rings (SSSR count). The lowest BCUT2D eigenvalue weighted by atomic mass is 10.0. The zero-order valence-corrected chi connectivity index (χ0v) is 22.0. The van der Waals surface area contributed by atoms with Crippen LogP contribution in [0.4, 0.5) is 0 Å². The molecule has 0 fully saturated rings. The predicted molar refractivity (Wildman–Crippen MR) is 143 cm³/mol. The summed E-state index contributed by atoms with van der Waals surface area (Å²) in [5.41, 5.74) is 2.52. The van der Waals surface area contributed by atoms with Crippen molar-refractivity contribution in [2.75, 3.05) is 33.4 Å². The molecule has 8 heteroatoms. The fraction of sp³-hybridized carbons (Fsp3) is 0.286. The highest BCUT2D eigenvalue weighted by atomic mass is 35.5. The van der Waals surface area contributed by atoms with Crippen LogP contribution in [0.5, 0.6) is 11.5 Å². The van der Waals surface area contributed by atoms with Crippen LogP contribution in [0.3, 0.4) is 0 Å². The molecular weight excluding hydrogens is 496 g/mol. The average molecular weight is 525 g/mol. The Morgan fingerprint density at radius 2 is 1.94 bits per heavy atom. The molecule has 3 aromatic rings. The Morgan fingerprint density at radius 1 is 1.19 bits per heavy atom. The molecule has 188 valence electrons. The number of carbonyl (C=O) groups is 2. The summed E-state index contributed by atoms with van der Waals surface area (Å²) in [5.74, 6) is 1.01. The Morgan fingerprint density at radius 3 is 2.64 bits per heavy atom. The SMILES string of the molecule is C=CCN(CC(=O)N1CCc2sccc2C1COc1ccc(Cl)c(C)c1)C(=O)c1ccc(OC)cc1. The van der Waals surface area contributed by atoms with Gasteiger partial charge in [0.1, 0.15) is 24.7 Å². The van der Waals surface area contributed by atoms with Gasteiger partial charge in [-0.05, 0) is 78.4 Å². The lowest BCUT2D eigenvalue weighted by Gasteiger charge is -2.37. The third-order valence-electron chi connectivity index (χ3n) is 6.25. The van der Waals surface area contributed by atoms with E-state index in [9.17, 15) is 9.59 Å². The first-order valence-electron chi connectivity index (χ1n) is 11.7. The maximum absolute atomic E-state index is 13.6. The molecule has 0 saturated carbocycles. The Balaban J connectivity index is 1.51. The van der Waals surface area contributed by atoms with Crippen LogP contribution in [-0.4, -0.2) is 55.0 Å². The van der Waals surface area contributed by atoms with Gasteiger partial charge in [0.25, 0.3) is 5.91 Å². The van der Waals surface area contributed by atoms with Gasteiger partial charge in [-0.3, -0.25) is 9.59 Å². The molecule has 0 aliphatic carbocycles. The van der Waals surface area contributed by atoms with Crippen molar-refractivity contribution in [1.29, 1.82) is 0 Å². The van der Waals surface area contributed by atoms with Crippen LogP contribution in [0, 0.1) is 6.92 Å². The van der Waals surface area contributed by atoms with E-state index < -0.39 is 0 Å². The Labute approximate surface area is 220 Å². The zero-order chi connectivity index (χ0) is 25.7. The molecule has 1 unspecified atom stereocenters. The standard InChI is InChI=1S/C28H29ClN2O4S/c1-4-13-30(28(33)20-5-7-21(34-3)8-6-20)17-27(32)31-14-11-26-23(12-15-36-26)25(31)18-35-22-9-10-24(29)19(2)16-22/h4-10,12,15-16,25H,1,11,13-14,17-18H2,2-3H3. The third-order valence-corrected chi connectivity index (χ3v) is 7.67. The van der Waals surface area contributed by atoms with Gasteiger partial charge >= 0.3 is 0 Å². The monoisotopic (exact) mass is 524 g/mol. The van der Waals surface area contributed by atoms with E-state index in [1.165, 1.54) is 9.78 Å². The lowest BCUT2D eigenvalue weighted by Crippen LogP contribution is -2.47. The number of rotatable bonds is 9. The molecule has 1 atom stereocenters. The van der Waals surface area contributed by atoms with Gasteiger partial charge in [0.05, 0.1) is 13.2 Å². The number of methoxy groups -OCH3 is 1. The number of carbonyl (C=O) groups excluding carboxylic acids is 2. The average Bonchev–Trinajstić information content (AvgIpc) is 3.37. The smallest absolute Gasteiger partial charge is 0.254 e. The van der Waals surface area contributed by atoms with Crippen molar-refractivity contribution in [3.63, 3.8) is 0 Å². The second-order valence-electron chi connectivity index (χ2n) is 8.58. The molecule has 0 radical (unpaired) electrons. The molecule has 0 spiro atoms. The van der Waals surface area contributed by atoms with Crippen molar-refractivity contribution < 1.29 is 19.1 Å². The van der Waals surface area contributed by atoms with Gasteiger partial charge < -0.3 is 19.3 Å². The summed E-state index contributed by atoms with van der Waals surface area (Å²) in [6.45, 7) is 6.79. The van der Waals surface area contributed by atoms with Crippen LogP contribution in [-0.2, 0) is 11.2 Å². The minimum atomic E-state index is -0.245. The molecule has 1 aromatic heterocycles. The lowest BCUT2D eigenvalue weighted by molar-refractivity contribution is -0.135. The Hall–Kier alpha value is -3.29. The van der Waals surface area contributed by atoms with Gasteiger partial charge in [-0.15, -0.1) is 17.9 Å². The van der Waals surface area contributed by atoms with Crippen molar-refractivity contribution in [2.24, 2.45) is 0 Å². The van der Waals surface area contributed by atoms with Gasteiger partial charge in [-0.2, -0.15) is 0 Å². The van der Waals surface area contributed by atoms with Crippen LogP contribution in [0.2, 0.25) is 5.02 Å². The van der Waals surface area contributed by atoms with E-state index in [0.29, 0.717) is 35.2 Å². The molecule has 1 aliphatic heterocycles. The number of hydrogen-bond donors (Lipinski definition) is 0. The van der Waals surface area contributed by atoms with Gasteiger partial charge in [-0.1, -0.05) is 17.7 Å². The number of thiophene rings is 1. The summed E-state index contributed by atoms with van der Waals surface area (Å²) in [4.78, 5) is 31.4. The van der Waals surface area contributed by atoms with E-state index in [0.717, 1.165) is 17.5 Å². The van der Waals surface area contributed by atoms with Crippen LogP contribution < -0.4 is 9.47 Å². The minimum Gasteiger partial charge on any atom is -0.497 e. The van der Waals surface area contributed by atoms with Crippen molar-refractivity contribution in [1.82, 2.24) is 9.80 Å². The first kappa shape index (κ1) is 25.8. The number of nitrogens with zero attached hydrogens (tertiary/aromatic N) is 2. The fourth-order valence-corrected chi connectivity index (χ4v) is 5.35. The highest BCUT2D eigenvalue weighted by molar-refractivity contribution is 7.10. The quantitative estimate of drug-likeness (QED) is 0.344. The van der Waals surface area contributed by atoms with Crippen molar-refractivity contribution in [2.45, 2.75) is 19.4 Å². The zero-order valence-electron chi connectivity index (χ0n) is 20.4. The highest BCUT2D eigenvalue weighted by Gasteiger charge is 2.33. The van der Waals surface area contributed by atoms with Crippen LogP contribution in [0.1, 0.15) is 32.4 Å². The largest absolute Gasteiger partial charge is 0.497 e. The fourth-order valence-electron chi connectivity index (χ4n) is 4.30. The summed E-state index contributed by atoms with van der Waals surface area (Å²) in [7, 11) is 1.57. The van der Waals surface area contributed by atoms with Crippen molar-refractivity contribution in [3.8, 4) is 11.5 Å². The van der Waals surface area contributed by atoms with E-state index in [1.807, 2.05) is 30.0 Å².